The van der Waals surface area contributed by atoms with Crippen LogP contribution in [-0.4, -0.2) is 25.9 Å². The maximum absolute atomic E-state index is 12.4. The highest BCUT2D eigenvalue weighted by atomic mass is 32.2. The molecule has 0 aliphatic heterocycles. The molecule has 1 atom stereocenters. The van der Waals surface area contributed by atoms with Crippen molar-refractivity contribution in [3.8, 4) is 0 Å². The van der Waals surface area contributed by atoms with Crippen LogP contribution >= 0.6 is 11.8 Å². The highest BCUT2D eigenvalue weighted by Crippen LogP contribution is 2.21. The molecule has 25 heavy (non-hydrogen) atoms. The van der Waals surface area contributed by atoms with Crippen molar-refractivity contribution in [1.29, 1.82) is 0 Å². The molecule has 1 aromatic carbocycles. The van der Waals surface area contributed by atoms with E-state index < -0.39 is 0 Å². The molecule has 130 valence electrons. The van der Waals surface area contributed by atoms with Crippen LogP contribution in [0.5, 0.6) is 0 Å². The number of benzene rings is 1. The van der Waals surface area contributed by atoms with Gasteiger partial charge in [0.1, 0.15) is 0 Å². The van der Waals surface area contributed by atoms with Crippen molar-refractivity contribution in [2.24, 2.45) is 0 Å². The summed E-state index contributed by atoms with van der Waals surface area (Å²) >= 11 is 1.62. The minimum absolute atomic E-state index is 0.0154. The summed E-state index contributed by atoms with van der Waals surface area (Å²) in [5.41, 5.74) is 2.75. The van der Waals surface area contributed by atoms with Gasteiger partial charge in [0.25, 0.3) is 0 Å². The zero-order valence-corrected chi connectivity index (χ0v) is 15.5. The van der Waals surface area contributed by atoms with Crippen molar-refractivity contribution in [1.82, 2.24) is 14.8 Å². The maximum atomic E-state index is 12.4. The standard InChI is InChI=1S/C19H22N4OS/c1-13(2)23-18-16(10-21-23)9-17(11-20-18)22-19(24)14(3)25-12-15-7-5-4-6-8-15/h4-11,13-14H,12H2,1-3H3,(H,22,24)/t14-/m0/s1. The molecule has 1 amide bonds. The largest absolute Gasteiger partial charge is 0.324 e. The normalized spacial score (nSPS) is 12.5. The monoisotopic (exact) mass is 354 g/mol. The number of rotatable bonds is 6. The van der Waals surface area contributed by atoms with E-state index in [0.717, 1.165) is 16.8 Å². The van der Waals surface area contributed by atoms with Gasteiger partial charge in [-0.2, -0.15) is 5.10 Å². The summed E-state index contributed by atoms with van der Waals surface area (Å²) in [4.78, 5) is 16.8. The molecule has 1 N–H and O–H groups in total. The van der Waals surface area contributed by atoms with Crippen molar-refractivity contribution in [3.63, 3.8) is 0 Å². The fraction of sp³-hybridized carbons (Fsp3) is 0.316. The van der Waals surface area contributed by atoms with Gasteiger partial charge in [-0.25, -0.2) is 9.67 Å². The van der Waals surface area contributed by atoms with E-state index in [1.807, 2.05) is 35.9 Å². The van der Waals surface area contributed by atoms with Crippen LogP contribution in [0.4, 0.5) is 5.69 Å². The Morgan fingerprint density at radius 1 is 1.20 bits per heavy atom. The fourth-order valence-electron chi connectivity index (χ4n) is 2.50. The number of hydrogen-bond acceptors (Lipinski definition) is 4. The second-order valence-electron chi connectivity index (χ2n) is 6.25. The Balaban J connectivity index is 1.63. The van der Waals surface area contributed by atoms with Crippen LogP contribution in [0.25, 0.3) is 11.0 Å². The Morgan fingerprint density at radius 2 is 1.96 bits per heavy atom. The fourth-order valence-corrected chi connectivity index (χ4v) is 3.35. The topological polar surface area (TPSA) is 59.8 Å². The van der Waals surface area contributed by atoms with Gasteiger partial charge in [-0.3, -0.25) is 4.79 Å². The quantitative estimate of drug-likeness (QED) is 0.718. The number of thioether (sulfide) groups is 1. The molecule has 0 fully saturated rings. The number of hydrogen-bond donors (Lipinski definition) is 1. The van der Waals surface area contributed by atoms with Gasteiger partial charge in [0, 0.05) is 17.2 Å². The Labute approximate surface area is 151 Å². The van der Waals surface area contributed by atoms with E-state index in [9.17, 15) is 4.79 Å². The van der Waals surface area contributed by atoms with Crippen molar-refractivity contribution in [3.05, 3.63) is 54.4 Å². The molecule has 0 saturated carbocycles. The number of aromatic nitrogens is 3. The second kappa shape index (κ2) is 7.70. The Hall–Kier alpha value is -2.34. The summed E-state index contributed by atoms with van der Waals surface area (Å²) in [6.45, 7) is 6.05. The third kappa shape index (κ3) is 4.20. The number of nitrogens with one attached hydrogen (secondary N) is 1. The van der Waals surface area contributed by atoms with Crippen LogP contribution in [0.3, 0.4) is 0 Å². The summed E-state index contributed by atoms with van der Waals surface area (Å²) in [6, 6.07) is 12.3. The average molecular weight is 354 g/mol. The first-order valence-electron chi connectivity index (χ1n) is 8.34. The molecule has 0 radical (unpaired) electrons. The molecule has 0 aliphatic rings. The van der Waals surface area contributed by atoms with Crippen LogP contribution < -0.4 is 5.32 Å². The predicted octanol–water partition coefficient (Wildman–Crippen LogP) is 4.27. The van der Waals surface area contributed by atoms with Crippen molar-refractivity contribution in [2.75, 3.05) is 5.32 Å². The van der Waals surface area contributed by atoms with Gasteiger partial charge in [-0.05, 0) is 32.4 Å². The number of carbonyl (C=O) groups is 1. The minimum Gasteiger partial charge on any atom is -0.324 e. The summed E-state index contributed by atoms with van der Waals surface area (Å²) in [7, 11) is 0. The van der Waals surface area contributed by atoms with Crippen LogP contribution in [0.1, 0.15) is 32.4 Å². The van der Waals surface area contributed by atoms with Crippen molar-refractivity contribution in [2.45, 2.75) is 37.8 Å². The molecule has 0 aliphatic carbocycles. The number of pyridine rings is 1. The van der Waals surface area contributed by atoms with E-state index in [4.69, 9.17) is 0 Å². The lowest BCUT2D eigenvalue weighted by atomic mass is 10.2. The highest BCUT2D eigenvalue weighted by molar-refractivity contribution is 7.99. The molecule has 0 bridgehead atoms. The van der Waals surface area contributed by atoms with Crippen LogP contribution in [-0.2, 0) is 10.5 Å². The Bertz CT molecular complexity index is 860. The smallest absolute Gasteiger partial charge is 0.237 e. The first kappa shape index (κ1) is 17.5. The van der Waals surface area contributed by atoms with Gasteiger partial charge >= 0.3 is 0 Å². The molecule has 6 heteroatoms. The molecule has 0 spiro atoms. The molecule has 0 unspecified atom stereocenters. The molecule has 5 nitrogen and oxygen atoms in total. The average Bonchev–Trinajstić information content (AvgIpc) is 3.04. The SMILES string of the molecule is CC(C)n1ncc2cc(NC(=O)[C@H](C)SCc3ccccc3)cnc21. The van der Waals surface area contributed by atoms with E-state index >= 15 is 0 Å². The highest BCUT2D eigenvalue weighted by Gasteiger charge is 2.15. The molecule has 2 aromatic heterocycles. The Kier molecular flexibility index (Phi) is 5.38. The van der Waals surface area contributed by atoms with Gasteiger partial charge in [-0.1, -0.05) is 30.3 Å². The lowest BCUT2D eigenvalue weighted by Gasteiger charge is -2.12. The van der Waals surface area contributed by atoms with Gasteiger partial charge in [-0.15, -0.1) is 11.8 Å². The molecule has 0 saturated heterocycles. The Morgan fingerprint density at radius 3 is 2.68 bits per heavy atom. The van der Waals surface area contributed by atoms with Gasteiger partial charge in [0.2, 0.25) is 5.91 Å². The molecule has 3 rings (SSSR count). The van der Waals surface area contributed by atoms with E-state index in [-0.39, 0.29) is 17.2 Å². The van der Waals surface area contributed by atoms with E-state index in [2.05, 4.69) is 41.4 Å². The third-order valence-corrected chi connectivity index (χ3v) is 5.12. The van der Waals surface area contributed by atoms with Crippen molar-refractivity contribution >= 4 is 34.4 Å². The van der Waals surface area contributed by atoms with E-state index in [1.165, 1.54) is 5.56 Å². The molecule has 3 aromatic rings. The van der Waals surface area contributed by atoms with Gasteiger partial charge in [0.15, 0.2) is 5.65 Å². The maximum Gasteiger partial charge on any atom is 0.237 e. The first-order chi connectivity index (χ1) is 12.0. The lowest BCUT2D eigenvalue weighted by molar-refractivity contribution is -0.115. The first-order valence-corrected chi connectivity index (χ1v) is 9.39. The number of amides is 1. The number of fused-ring (bicyclic) bond motifs is 1. The molecular formula is C19H22N4OS. The van der Waals surface area contributed by atoms with Crippen LogP contribution in [0, 0.1) is 0 Å². The van der Waals surface area contributed by atoms with Crippen LogP contribution in [0.2, 0.25) is 0 Å². The zero-order chi connectivity index (χ0) is 17.8. The van der Waals surface area contributed by atoms with Crippen molar-refractivity contribution < 1.29 is 4.79 Å². The van der Waals surface area contributed by atoms with Gasteiger partial charge < -0.3 is 5.32 Å². The number of nitrogens with zero attached hydrogens (tertiary/aromatic N) is 3. The summed E-state index contributed by atoms with van der Waals surface area (Å²) in [5, 5.41) is 8.08. The minimum atomic E-state index is -0.144. The van der Waals surface area contributed by atoms with Crippen LogP contribution in [0.15, 0.2) is 48.8 Å². The second-order valence-corrected chi connectivity index (χ2v) is 7.58. The van der Waals surface area contributed by atoms with E-state index in [1.54, 1.807) is 24.2 Å². The van der Waals surface area contributed by atoms with E-state index in [0.29, 0.717) is 5.69 Å². The number of carbonyl (C=O) groups excluding carboxylic acids is 1. The molecular weight excluding hydrogens is 332 g/mol. The zero-order valence-electron chi connectivity index (χ0n) is 14.6. The lowest BCUT2D eigenvalue weighted by Crippen LogP contribution is -2.22. The van der Waals surface area contributed by atoms with Gasteiger partial charge in [0.05, 0.1) is 23.3 Å². The third-order valence-electron chi connectivity index (χ3n) is 3.90. The summed E-state index contributed by atoms with van der Waals surface area (Å²) < 4.78 is 1.87. The predicted molar refractivity (Wildman–Crippen MR) is 104 cm³/mol. The summed E-state index contributed by atoms with van der Waals surface area (Å²) in [5.74, 6) is 0.798. The summed E-state index contributed by atoms with van der Waals surface area (Å²) in [6.07, 6.45) is 3.47. The number of anilines is 1. The molecule has 2 heterocycles.